The third-order valence-electron chi connectivity index (χ3n) is 5.62. The Morgan fingerprint density at radius 3 is 2.43 bits per heavy atom. The number of hydrogen-bond acceptors (Lipinski definition) is 6. The molecule has 0 saturated carbocycles. The zero-order chi connectivity index (χ0) is 20.8. The molecule has 168 valence electrons. The summed E-state index contributed by atoms with van der Waals surface area (Å²) in [6.45, 7) is 13.0. The molecule has 30 heavy (non-hydrogen) atoms. The lowest BCUT2D eigenvalue weighted by Crippen LogP contribution is -2.43. The Kier molecular flexibility index (Phi) is 10.0. The normalized spacial score (nSPS) is 15.8. The quantitative estimate of drug-likeness (QED) is 0.314. The van der Waals surface area contributed by atoms with Crippen LogP contribution in [0.3, 0.4) is 0 Å². The molecule has 3 rings (SSSR count). The first-order valence-corrected chi connectivity index (χ1v) is 11.3. The van der Waals surface area contributed by atoms with Crippen molar-refractivity contribution in [3.63, 3.8) is 0 Å². The highest BCUT2D eigenvalue weighted by Crippen LogP contribution is 2.19. The first kappa shape index (κ1) is 25.1. The second-order valence-electron chi connectivity index (χ2n) is 7.85. The number of aryl methyl sites for hydroxylation is 4. The topological polar surface area (TPSA) is 78.6 Å². The number of guanidine groups is 1. The largest absolute Gasteiger partial charge is 0.444 e. The van der Waals surface area contributed by atoms with Crippen LogP contribution in [-0.2, 0) is 13.0 Å². The third-order valence-corrected chi connectivity index (χ3v) is 6.76. The maximum Gasteiger partial charge on any atom is 0.208 e. The number of rotatable bonds is 7. The molecule has 3 heterocycles. The minimum atomic E-state index is 0. The minimum Gasteiger partial charge on any atom is -0.444 e. The van der Waals surface area contributed by atoms with Crippen molar-refractivity contribution < 1.29 is 4.42 Å². The Hall–Kier alpha value is -1.20. The molecule has 2 N–H and O–H groups in total. The van der Waals surface area contributed by atoms with Gasteiger partial charge in [0.2, 0.25) is 5.89 Å². The zero-order valence-electron chi connectivity index (χ0n) is 18.7. The van der Waals surface area contributed by atoms with E-state index >= 15 is 0 Å². The van der Waals surface area contributed by atoms with Crippen LogP contribution in [-0.4, -0.2) is 54.1 Å². The molecule has 0 spiro atoms. The number of aromatic nitrogens is 2. The van der Waals surface area contributed by atoms with Gasteiger partial charge in [0, 0.05) is 31.4 Å². The summed E-state index contributed by atoms with van der Waals surface area (Å²) < 4.78 is 5.72. The van der Waals surface area contributed by atoms with Crippen molar-refractivity contribution in [2.75, 3.05) is 33.2 Å². The second kappa shape index (κ2) is 12.0. The number of thiazole rings is 1. The molecule has 0 aromatic carbocycles. The van der Waals surface area contributed by atoms with E-state index in [-0.39, 0.29) is 24.0 Å². The van der Waals surface area contributed by atoms with Crippen LogP contribution in [0.2, 0.25) is 0 Å². The number of piperidine rings is 1. The average molecular weight is 547 g/mol. The molecule has 0 bridgehead atoms. The second-order valence-corrected chi connectivity index (χ2v) is 9.14. The summed E-state index contributed by atoms with van der Waals surface area (Å²) in [6, 6.07) is 0. The summed E-state index contributed by atoms with van der Waals surface area (Å²) in [5, 5.41) is 8.09. The molecule has 1 aliphatic heterocycles. The van der Waals surface area contributed by atoms with Gasteiger partial charge in [-0.15, -0.1) is 35.3 Å². The molecule has 0 atom stereocenters. The Labute approximate surface area is 201 Å². The number of oxazole rings is 1. The highest BCUT2D eigenvalue weighted by Gasteiger charge is 2.21. The van der Waals surface area contributed by atoms with Crippen molar-refractivity contribution in [3.05, 3.63) is 32.9 Å². The van der Waals surface area contributed by atoms with Crippen LogP contribution in [0.1, 0.15) is 45.8 Å². The van der Waals surface area contributed by atoms with Gasteiger partial charge in [0.05, 0.1) is 22.9 Å². The van der Waals surface area contributed by atoms with Gasteiger partial charge in [-0.2, -0.15) is 0 Å². The van der Waals surface area contributed by atoms with E-state index in [4.69, 9.17) is 4.42 Å². The molecule has 9 heteroatoms. The maximum atomic E-state index is 5.72. The predicted octanol–water partition coefficient (Wildman–Crippen LogP) is 3.60. The fraction of sp³-hybridized carbons (Fsp3) is 0.667. The van der Waals surface area contributed by atoms with E-state index in [2.05, 4.69) is 44.3 Å². The number of nitrogens with one attached hydrogen (secondary N) is 2. The van der Waals surface area contributed by atoms with E-state index in [0.29, 0.717) is 5.92 Å². The predicted molar refractivity (Wildman–Crippen MR) is 134 cm³/mol. The number of halogens is 1. The Morgan fingerprint density at radius 1 is 1.13 bits per heavy atom. The summed E-state index contributed by atoms with van der Waals surface area (Å²) >= 11 is 1.79. The molecule has 1 fully saturated rings. The Bertz CT molecular complexity index is 787. The van der Waals surface area contributed by atoms with Crippen LogP contribution in [0.15, 0.2) is 9.41 Å². The van der Waals surface area contributed by atoms with E-state index in [1.165, 1.54) is 22.7 Å². The summed E-state index contributed by atoms with van der Waals surface area (Å²) in [6.07, 6.45) is 3.29. The van der Waals surface area contributed by atoms with Gasteiger partial charge in [0.15, 0.2) is 5.96 Å². The molecule has 0 radical (unpaired) electrons. The van der Waals surface area contributed by atoms with Crippen LogP contribution >= 0.6 is 35.3 Å². The van der Waals surface area contributed by atoms with E-state index in [9.17, 15) is 0 Å². The highest BCUT2D eigenvalue weighted by molar-refractivity contribution is 14.0. The van der Waals surface area contributed by atoms with E-state index in [1.807, 2.05) is 20.9 Å². The van der Waals surface area contributed by atoms with Gasteiger partial charge in [0.1, 0.15) is 5.76 Å². The fourth-order valence-corrected chi connectivity index (χ4v) is 4.48. The average Bonchev–Trinajstić information content (AvgIpc) is 3.19. The first-order valence-electron chi connectivity index (χ1n) is 10.5. The number of nitrogens with zero attached hydrogens (tertiary/aromatic N) is 4. The molecule has 7 nitrogen and oxygen atoms in total. The smallest absolute Gasteiger partial charge is 0.208 e. The van der Waals surface area contributed by atoms with Gasteiger partial charge in [-0.3, -0.25) is 9.89 Å². The lowest BCUT2D eigenvalue weighted by atomic mass is 9.97. The lowest BCUT2D eigenvalue weighted by Gasteiger charge is -2.31. The van der Waals surface area contributed by atoms with Crippen LogP contribution in [0.4, 0.5) is 0 Å². The minimum absolute atomic E-state index is 0. The van der Waals surface area contributed by atoms with Crippen molar-refractivity contribution in [1.29, 1.82) is 0 Å². The molecule has 2 aromatic rings. The molecule has 1 saturated heterocycles. The molecular formula is C21H35IN6OS. The van der Waals surface area contributed by atoms with Gasteiger partial charge in [0.25, 0.3) is 0 Å². The lowest BCUT2D eigenvalue weighted by molar-refractivity contribution is 0.164. The molecular weight excluding hydrogens is 511 g/mol. The molecule has 1 aliphatic rings. The van der Waals surface area contributed by atoms with Gasteiger partial charge < -0.3 is 15.1 Å². The summed E-state index contributed by atoms with van der Waals surface area (Å²) in [5.74, 6) is 3.31. The van der Waals surface area contributed by atoms with Crippen LogP contribution in [0, 0.1) is 33.6 Å². The van der Waals surface area contributed by atoms with E-state index in [1.54, 1.807) is 11.3 Å². The highest BCUT2D eigenvalue weighted by atomic mass is 127. The molecule has 0 amide bonds. The molecule has 0 unspecified atom stereocenters. The number of aliphatic imine (C=N–C) groups is 1. The summed E-state index contributed by atoms with van der Waals surface area (Å²) in [5.41, 5.74) is 2.14. The Balaban J connectivity index is 0.00000320. The fourth-order valence-electron chi connectivity index (χ4n) is 3.54. The summed E-state index contributed by atoms with van der Waals surface area (Å²) in [7, 11) is 1.83. The Morgan fingerprint density at radius 2 is 1.87 bits per heavy atom. The number of hydrogen-bond donors (Lipinski definition) is 2. The summed E-state index contributed by atoms with van der Waals surface area (Å²) in [4.78, 5) is 17.2. The van der Waals surface area contributed by atoms with Crippen molar-refractivity contribution in [1.82, 2.24) is 25.5 Å². The van der Waals surface area contributed by atoms with Crippen molar-refractivity contribution in [2.45, 2.75) is 53.5 Å². The zero-order valence-corrected chi connectivity index (χ0v) is 21.9. The van der Waals surface area contributed by atoms with E-state index in [0.717, 1.165) is 68.1 Å². The van der Waals surface area contributed by atoms with Gasteiger partial charge in [-0.25, -0.2) is 9.97 Å². The van der Waals surface area contributed by atoms with Crippen LogP contribution < -0.4 is 10.6 Å². The van der Waals surface area contributed by atoms with Crippen molar-refractivity contribution in [2.24, 2.45) is 10.9 Å². The van der Waals surface area contributed by atoms with Gasteiger partial charge in [-0.05, 0) is 59.5 Å². The standard InChI is InChI=1S/C21H34N6OS.HI/c1-14-16(3)28-19(25-14)13-27-10-7-18(8-11-27)12-24-21(22-5)23-9-6-20-26-15(2)17(4)29-20;/h18H,6-13H2,1-5H3,(H2,22,23,24);1H. The number of likely N-dealkylation sites (tertiary alicyclic amines) is 1. The van der Waals surface area contributed by atoms with Crippen LogP contribution in [0.25, 0.3) is 0 Å². The molecule has 2 aromatic heterocycles. The van der Waals surface area contributed by atoms with Crippen LogP contribution in [0.5, 0.6) is 0 Å². The van der Waals surface area contributed by atoms with E-state index < -0.39 is 0 Å². The van der Waals surface area contributed by atoms with Crippen molar-refractivity contribution >= 4 is 41.3 Å². The maximum absolute atomic E-state index is 5.72. The van der Waals surface area contributed by atoms with Crippen molar-refractivity contribution in [3.8, 4) is 0 Å². The third kappa shape index (κ3) is 7.19. The van der Waals surface area contributed by atoms with Gasteiger partial charge in [-0.1, -0.05) is 0 Å². The monoisotopic (exact) mass is 546 g/mol. The SMILES string of the molecule is CN=C(NCCc1nc(C)c(C)s1)NCC1CCN(Cc2nc(C)c(C)o2)CC1.I. The van der Waals surface area contributed by atoms with Gasteiger partial charge >= 0.3 is 0 Å². The molecule has 0 aliphatic carbocycles. The first-order chi connectivity index (χ1) is 13.9.